The number of hydrogen-bond acceptors (Lipinski definition) is 4. The summed E-state index contributed by atoms with van der Waals surface area (Å²) in [6, 6.07) is 9.34. The summed E-state index contributed by atoms with van der Waals surface area (Å²) in [5.41, 5.74) is 2.12. The smallest absolute Gasteiger partial charge is 0.196 e. The molecule has 0 saturated carbocycles. The Morgan fingerprint density at radius 2 is 2.08 bits per heavy atom. The van der Waals surface area contributed by atoms with Crippen molar-refractivity contribution in [2.75, 3.05) is 0 Å². The van der Waals surface area contributed by atoms with Gasteiger partial charge in [0.25, 0.3) is 0 Å². The molecule has 0 fully saturated rings. The standard InChI is InChI=1S/C17H12Cl2N4OS/c1-9(15(24)12-7-20-14-5-3-2-4-11(12)14)25-17-22-21-16-13(19)6-10(18)8-23(16)17/h2-9,20H,1H3/t9-/m1/s1. The summed E-state index contributed by atoms with van der Waals surface area (Å²) in [5.74, 6) is 0.0207. The van der Waals surface area contributed by atoms with E-state index in [4.69, 9.17) is 23.2 Å². The first kappa shape index (κ1) is 16.4. The number of nitrogens with one attached hydrogen (secondary N) is 1. The number of rotatable bonds is 4. The Bertz CT molecular complexity index is 1100. The van der Waals surface area contributed by atoms with Crippen molar-refractivity contribution in [2.24, 2.45) is 0 Å². The van der Waals surface area contributed by atoms with Crippen molar-refractivity contribution in [2.45, 2.75) is 17.3 Å². The molecule has 3 aromatic heterocycles. The van der Waals surface area contributed by atoms with E-state index in [9.17, 15) is 4.79 Å². The van der Waals surface area contributed by atoms with Gasteiger partial charge in [-0.2, -0.15) is 0 Å². The maximum atomic E-state index is 12.9. The number of pyridine rings is 1. The zero-order valence-corrected chi connectivity index (χ0v) is 15.4. The van der Waals surface area contributed by atoms with Crippen LogP contribution in [-0.4, -0.2) is 30.6 Å². The van der Waals surface area contributed by atoms with Gasteiger partial charge in [-0.3, -0.25) is 9.20 Å². The van der Waals surface area contributed by atoms with Gasteiger partial charge in [0.2, 0.25) is 0 Å². The van der Waals surface area contributed by atoms with Crippen LogP contribution in [0.25, 0.3) is 16.6 Å². The van der Waals surface area contributed by atoms with Crippen LogP contribution in [0, 0.1) is 0 Å². The number of H-pyrrole nitrogens is 1. The second-order valence-electron chi connectivity index (χ2n) is 5.55. The topological polar surface area (TPSA) is 63.1 Å². The number of hydrogen-bond donors (Lipinski definition) is 1. The van der Waals surface area contributed by atoms with Crippen LogP contribution in [-0.2, 0) is 0 Å². The Morgan fingerprint density at radius 1 is 1.28 bits per heavy atom. The molecule has 1 aromatic carbocycles. The molecular weight excluding hydrogens is 379 g/mol. The highest BCUT2D eigenvalue weighted by Gasteiger charge is 2.22. The van der Waals surface area contributed by atoms with E-state index in [0.717, 1.165) is 10.9 Å². The molecule has 4 aromatic rings. The van der Waals surface area contributed by atoms with Crippen LogP contribution >= 0.6 is 35.0 Å². The van der Waals surface area contributed by atoms with Crippen LogP contribution in [0.15, 0.2) is 47.9 Å². The number of fused-ring (bicyclic) bond motifs is 2. The summed E-state index contributed by atoms with van der Waals surface area (Å²) in [6.45, 7) is 1.85. The molecule has 4 rings (SSSR count). The molecule has 25 heavy (non-hydrogen) atoms. The van der Waals surface area contributed by atoms with Crippen molar-refractivity contribution in [3.63, 3.8) is 0 Å². The summed E-state index contributed by atoms with van der Waals surface area (Å²) in [6.07, 6.45) is 3.44. The molecule has 1 N–H and O–H groups in total. The van der Waals surface area contributed by atoms with Crippen molar-refractivity contribution in [1.29, 1.82) is 0 Å². The molecule has 3 heterocycles. The van der Waals surface area contributed by atoms with E-state index in [1.54, 1.807) is 22.9 Å². The Balaban J connectivity index is 1.66. The fraction of sp³-hybridized carbons (Fsp3) is 0.118. The number of thioether (sulfide) groups is 1. The Hall–Kier alpha value is -2.02. The van der Waals surface area contributed by atoms with Gasteiger partial charge in [-0.25, -0.2) is 0 Å². The van der Waals surface area contributed by atoms with Crippen LogP contribution in [0.5, 0.6) is 0 Å². The molecule has 0 aliphatic heterocycles. The van der Waals surface area contributed by atoms with Crippen molar-refractivity contribution in [3.05, 3.63) is 58.3 Å². The van der Waals surface area contributed by atoms with Gasteiger partial charge < -0.3 is 4.98 Å². The van der Waals surface area contributed by atoms with Gasteiger partial charge in [0.05, 0.1) is 15.3 Å². The Kier molecular flexibility index (Phi) is 4.19. The third kappa shape index (κ3) is 2.90. The second-order valence-corrected chi connectivity index (χ2v) is 7.71. The molecule has 0 amide bonds. The third-order valence-corrected chi connectivity index (χ3v) is 5.44. The zero-order valence-electron chi connectivity index (χ0n) is 13.0. The molecule has 1 atom stereocenters. The molecule has 0 aliphatic carbocycles. The number of ketones is 1. The molecule has 8 heteroatoms. The number of Topliss-reactive ketones (excluding diaryl/α,β-unsaturated/α-hetero) is 1. The highest BCUT2D eigenvalue weighted by molar-refractivity contribution is 8.00. The quantitative estimate of drug-likeness (QED) is 0.398. The van der Waals surface area contributed by atoms with Crippen molar-refractivity contribution in [3.8, 4) is 0 Å². The number of nitrogens with zero attached hydrogens (tertiary/aromatic N) is 3. The number of aromatic amines is 1. The molecule has 0 radical (unpaired) electrons. The summed E-state index contributed by atoms with van der Waals surface area (Å²) in [7, 11) is 0. The number of halogens is 2. The largest absolute Gasteiger partial charge is 0.360 e. The summed E-state index contributed by atoms with van der Waals surface area (Å²) < 4.78 is 1.70. The third-order valence-electron chi connectivity index (χ3n) is 3.90. The minimum atomic E-state index is -0.343. The number of benzene rings is 1. The van der Waals surface area contributed by atoms with Crippen molar-refractivity contribution >= 4 is 57.3 Å². The Morgan fingerprint density at radius 3 is 2.92 bits per heavy atom. The van der Waals surface area contributed by atoms with Gasteiger partial charge in [0.1, 0.15) is 0 Å². The number of aromatic nitrogens is 4. The van der Waals surface area contributed by atoms with Gasteiger partial charge in [-0.15, -0.1) is 10.2 Å². The first-order valence-corrected chi connectivity index (χ1v) is 9.15. The first-order valence-electron chi connectivity index (χ1n) is 7.51. The molecular formula is C17H12Cl2N4OS. The van der Waals surface area contributed by atoms with Crippen LogP contribution in [0.4, 0.5) is 0 Å². The van der Waals surface area contributed by atoms with Gasteiger partial charge in [-0.1, -0.05) is 53.2 Å². The van der Waals surface area contributed by atoms with Crippen molar-refractivity contribution in [1.82, 2.24) is 19.6 Å². The van der Waals surface area contributed by atoms with E-state index in [0.29, 0.717) is 26.4 Å². The summed E-state index contributed by atoms with van der Waals surface area (Å²) in [5, 5.41) is 10.2. The lowest BCUT2D eigenvalue weighted by atomic mass is 10.1. The molecule has 0 bridgehead atoms. The molecule has 0 unspecified atom stereocenters. The average Bonchev–Trinajstić information content (AvgIpc) is 3.19. The van der Waals surface area contributed by atoms with E-state index < -0.39 is 0 Å². The van der Waals surface area contributed by atoms with E-state index >= 15 is 0 Å². The fourth-order valence-corrected chi connectivity index (χ4v) is 4.09. The molecule has 0 aliphatic rings. The highest BCUT2D eigenvalue weighted by Crippen LogP contribution is 2.30. The fourth-order valence-electron chi connectivity index (χ4n) is 2.69. The maximum absolute atomic E-state index is 12.9. The van der Waals surface area contributed by atoms with Gasteiger partial charge >= 0.3 is 0 Å². The van der Waals surface area contributed by atoms with Gasteiger partial charge in [-0.05, 0) is 19.1 Å². The monoisotopic (exact) mass is 390 g/mol. The summed E-state index contributed by atoms with van der Waals surface area (Å²) >= 11 is 13.5. The minimum absolute atomic E-state index is 0.0207. The molecule has 5 nitrogen and oxygen atoms in total. The Labute approximate surface area is 157 Å². The molecule has 126 valence electrons. The van der Waals surface area contributed by atoms with Crippen LogP contribution in [0.2, 0.25) is 10.0 Å². The molecule has 0 spiro atoms. The normalized spacial score (nSPS) is 12.8. The zero-order chi connectivity index (χ0) is 17.6. The van der Waals surface area contributed by atoms with Crippen LogP contribution in [0.3, 0.4) is 0 Å². The number of para-hydroxylation sites is 1. The lowest BCUT2D eigenvalue weighted by molar-refractivity contribution is 0.0995. The van der Waals surface area contributed by atoms with Gasteiger partial charge in [0.15, 0.2) is 16.6 Å². The number of carbonyl (C=O) groups is 1. The maximum Gasteiger partial charge on any atom is 0.196 e. The summed E-state index contributed by atoms with van der Waals surface area (Å²) in [4.78, 5) is 16.0. The minimum Gasteiger partial charge on any atom is -0.360 e. The lowest BCUT2D eigenvalue weighted by Gasteiger charge is -2.08. The van der Waals surface area contributed by atoms with Crippen LogP contribution in [0.1, 0.15) is 17.3 Å². The second kappa shape index (κ2) is 6.37. The average molecular weight is 391 g/mol. The van der Waals surface area contributed by atoms with Gasteiger partial charge in [0, 0.05) is 28.9 Å². The number of carbonyl (C=O) groups excluding carboxylic acids is 1. The SMILES string of the molecule is C[C@@H](Sc1nnc2c(Cl)cc(Cl)cn12)C(=O)c1c[nH]c2ccccc12. The predicted octanol–water partition coefficient (Wildman–Crippen LogP) is 4.88. The predicted molar refractivity (Wildman–Crippen MR) is 101 cm³/mol. The van der Waals surface area contributed by atoms with E-state index in [1.165, 1.54) is 11.8 Å². The van der Waals surface area contributed by atoms with E-state index in [-0.39, 0.29) is 11.0 Å². The van der Waals surface area contributed by atoms with E-state index in [2.05, 4.69) is 15.2 Å². The van der Waals surface area contributed by atoms with Crippen LogP contribution < -0.4 is 0 Å². The lowest BCUT2D eigenvalue weighted by Crippen LogP contribution is -2.13. The highest BCUT2D eigenvalue weighted by atomic mass is 35.5. The van der Waals surface area contributed by atoms with Crippen molar-refractivity contribution < 1.29 is 4.79 Å². The molecule has 0 saturated heterocycles. The first-order chi connectivity index (χ1) is 12.0. The van der Waals surface area contributed by atoms with E-state index in [1.807, 2.05) is 31.2 Å².